The topological polar surface area (TPSA) is 94.2 Å². The number of rotatable bonds is 9. The molecule has 3 rings (SSSR count). The number of nitrogens with one attached hydrogen (secondary N) is 1. The summed E-state index contributed by atoms with van der Waals surface area (Å²) in [6.45, 7) is 2.71. The smallest absolute Gasteiger partial charge is 0.387 e. The van der Waals surface area contributed by atoms with Crippen LogP contribution in [0.3, 0.4) is 0 Å². The Morgan fingerprint density at radius 1 is 1.03 bits per heavy atom. The summed E-state index contributed by atoms with van der Waals surface area (Å²) >= 11 is 0. The lowest BCUT2D eigenvalue weighted by Gasteiger charge is -2.23. The highest BCUT2D eigenvalue weighted by Crippen LogP contribution is 2.37. The van der Waals surface area contributed by atoms with Gasteiger partial charge in [0.05, 0.1) is 18.8 Å². The van der Waals surface area contributed by atoms with Crippen LogP contribution in [0.4, 0.5) is 8.78 Å². The lowest BCUT2D eigenvalue weighted by Crippen LogP contribution is -2.42. The monoisotopic (exact) mass is 504 g/mol. The molecule has 1 heterocycles. The van der Waals surface area contributed by atoms with E-state index in [1.807, 2.05) is 0 Å². The molecule has 1 aliphatic heterocycles. The first-order valence-electron chi connectivity index (χ1n) is 11.6. The number of amides is 2. The zero-order valence-corrected chi connectivity index (χ0v) is 20.6. The third kappa shape index (κ3) is 6.71. The Balaban J connectivity index is 1.71. The molecule has 1 saturated heterocycles. The van der Waals surface area contributed by atoms with Crippen LogP contribution < -0.4 is 14.8 Å². The minimum Gasteiger partial charge on any atom is -0.487 e. The predicted molar refractivity (Wildman–Crippen MR) is 127 cm³/mol. The van der Waals surface area contributed by atoms with E-state index in [1.165, 1.54) is 44.4 Å². The first-order chi connectivity index (χ1) is 17.1. The summed E-state index contributed by atoms with van der Waals surface area (Å²) in [4.78, 5) is 38.2. The SMILES string of the molecule is COC(=O)c1ccc(C(=O)NC[C@H]2CC(c3ccc(OC(F)F)c(OC(C)C)c3)CN2C(C)=O)cc1. The summed E-state index contributed by atoms with van der Waals surface area (Å²) in [5.74, 6) is -0.873. The average Bonchev–Trinajstić information content (AvgIpc) is 3.27. The van der Waals surface area contributed by atoms with Crippen molar-refractivity contribution in [2.45, 2.75) is 51.9 Å². The molecule has 2 aromatic carbocycles. The second-order valence-electron chi connectivity index (χ2n) is 8.79. The van der Waals surface area contributed by atoms with Crippen molar-refractivity contribution in [2.75, 3.05) is 20.2 Å². The summed E-state index contributed by atoms with van der Waals surface area (Å²) in [6, 6.07) is 10.6. The van der Waals surface area contributed by atoms with Gasteiger partial charge in [-0.25, -0.2) is 4.79 Å². The molecule has 0 bridgehead atoms. The Morgan fingerprint density at radius 3 is 2.28 bits per heavy atom. The van der Waals surface area contributed by atoms with E-state index >= 15 is 0 Å². The highest BCUT2D eigenvalue weighted by Gasteiger charge is 2.35. The summed E-state index contributed by atoms with van der Waals surface area (Å²) in [6.07, 6.45) is 0.319. The van der Waals surface area contributed by atoms with Crippen LogP contribution in [-0.4, -0.2) is 61.6 Å². The van der Waals surface area contributed by atoms with Gasteiger partial charge in [-0.3, -0.25) is 9.59 Å². The number of carbonyl (C=O) groups excluding carboxylic acids is 3. The molecule has 0 aromatic heterocycles. The van der Waals surface area contributed by atoms with E-state index < -0.39 is 12.6 Å². The zero-order chi connectivity index (χ0) is 26.4. The van der Waals surface area contributed by atoms with Crippen molar-refractivity contribution >= 4 is 17.8 Å². The lowest BCUT2D eigenvalue weighted by molar-refractivity contribution is -0.129. The molecule has 10 heteroatoms. The summed E-state index contributed by atoms with van der Waals surface area (Å²) in [5, 5.41) is 2.85. The lowest BCUT2D eigenvalue weighted by atomic mass is 9.96. The maximum absolute atomic E-state index is 12.8. The molecule has 2 amide bonds. The van der Waals surface area contributed by atoms with Crippen LogP contribution >= 0.6 is 0 Å². The van der Waals surface area contributed by atoms with Gasteiger partial charge in [-0.2, -0.15) is 8.78 Å². The largest absolute Gasteiger partial charge is 0.487 e. The molecule has 2 aromatic rings. The van der Waals surface area contributed by atoms with Crippen LogP contribution in [0.2, 0.25) is 0 Å². The van der Waals surface area contributed by atoms with Gasteiger partial charge in [0.2, 0.25) is 5.91 Å². The number of hydrogen-bond donors (Lipinski definition) is 1. The standard InChI is InChI=1S/C26H30F2N2O6/c1-15(2)35-23-12-19(9-10-22(23)36-26(27)28)20-11-21(30(14-20)16(3)31)13-29-24(32)17-5-7-18(8-6-17)25(33)34-4/h5-10,12,15,20-21,26H,11,13-14H2,1-4H3,(H,29,32)/t20?,21-/m1/s1. The molecule has 2 atom stereocenters. The minimum absolute atomic E-state index is 0.0501. The number of nitrogens with zero attached hydrogens (tertiary/aromatic N) is 1. The van der Waals surface area contributed by atoms with Gasteiger partial charge in [-0.05, 0) is 62.2 Å². The van der Waals surface area contributed by atoms with Gasteiger partial charge < -0.3 is 24.4 Å². The second-order valence-corrected chi connectivity index (χ2v) is 8.79. The predicted octanol–water partition coefficient (Wildman–Crippen LogP) is 4.00. The fourth-order valence-electron chi connectivity index (χ4n) is 4.24. The van der Waals surface area contributed by atoms with Crippen LogP contribution in [0.25, 0.3) is 0 Å². The van der Waals surface area contributed by atoms with Gasteiger partial charge in [0.1, 0.15) is 0 Å². The number of carbonyl (C=O) groups is 3. The Kier molecular flexibility index (Phi) is 8.84. The van der Waals surface area contributed by atoms with Gasteiger partial charge in [0.15, 0.2) is 11.5 Å². The molecule has 1 fully saturated rings. The summed E-state index contributed by atoms with van der Waals surface area (Å²) in [7, 11) is 1.28. The molecule has 8 nitrogen and oxygen atoms in total. The van der Waals surface area contributed by atoms with Crippen molar-refractivity contribution in [3.05, 3.63) is 59.2 Å². The maximum atomic E-state index is 12.8. The Morgan fingerprint density at radius 2 is 1.69 bits per heavy atom. The van der Waals surface area contributed by atoms with Crippen LogP contribution in [-0.2, 0) is 9.53 Å². The van der Waals surface area contributed by atoms with Crippen molar-refractivity contribution in [1.29, 1.82) is 0 Å². The van der Waals surface area contributed by atoms with Gasteiger partial charge in [-0.15, -0.1) is 0 Å². The van der Waals surface area contributed by atoms with Crippen LogP contribution in [0.15, 0.2) is 42.5 Å². The zero-order valence-electron chi connectivity index (χ0n) is 20.6. The van der Waals surface area contributed by atoms with E-state index in [-0.39, 0.29) is 47.9 Å². The normalized spacial score (nSPS) is 17.3. The van der Waals surface area contributed by atoms with Crippen LogP contribution in [0.1, 0.15) is 59.4 Å². The fraction of sp³-hybridized carbons (Fsp3) is 0.423. The third-order valence-electron chi connectivity index (χ3n) is 5.90. The second kappa shape index (κ2) is 11.8. The first kappa shape index (κ1) is 26.9. The van der Waals surface area contributed by atoms with E-state index in [4.69, 9.17) is 4.74 Å². The van der Waals surface area contributed by atoms with Crippen molar-refractivity contribution in [2.24, 2.45) is 0 Å². The first-order valence-corrected chi connectivity index (χ1v) is 11.6. The molecule has 1 unspecified atom stereocenters. The molecule has 0 spiro atoms. The Hall–Kier alpha value is -3.69. The van der Waals surface area contributed by atoms with E-state index in [0.717, 1.165) is 5.56 Å². The molecule has 1 aliphatic rings. The quantitative estimate of drug-likeness (QED) is 0.519. The van der Waals surface area contributed by atoms with Gasteiger partial charge >= 0.3 is 12.6 Å². The maximum Gasteiger partial charge on any atom is 0.387 e. The third-order valence-corrected chi connectivity index (χ3v) is 5.90. The number of likely N-dealkylation sites (tertiary alicyclic amines) is 1. The highest BCUT2D eigenvalue weighted by molar-refractivity contribution is 5.96. The molecule has 0 aliphatic carbocycles. The van der Waals surface area contributed by atoms with Gasteiger partial charge in [-0.1, -0.05) is 6.07 Å². The summed E-state index contributed by atoms with van der Waals surface area (Å²) < 4.78 is 40.5. The van der Waals surface area contributed by atoms with E-state index in [1.54, 1.807) is 30.9 Å². The molecule has 0 saturated carbocycles. The van der Waals surface area contributed by atoms with E-state index in [0.29, 0.717) is 24.1 Å². The van der Waals surface area contributed by atoms with Crippen LogP contribution in [0.5, 0.6) is 11.5 Å². The molecular formula is C26H30F2N2O6. The van der Waals surface area contributed by atoms with Gasteiger partial charge in [0, 0.05) is 37.5 Å². The van der Waals surface area contributed by atoms with E-state index in [9.17, 15) is 23.2 Å². The van der Waals surface area contributed by atoms with Crippen molar-refractivity contribution in [3.8, 4) is 11.5 Å². The van der Waals surface area contributed by atoms with Crippen molar-refractivity contribution in [3.63, 3.8) is 0 Å². The Bertz CT molecular complexity index is 1090. The molecule has 1 N–H and O–H groups in total. The van der Waals surface area contributed by atoms with Crippen molar-refractivity contribution in [1.82, 2.24) is 10.2 Å². The van der Waals surface area contributed by atoms with Gasteiger partial charge in [0.25, 0.3) is 5.91 Å². The number of ether oxygens (including phenoxy) is 3. The van der Waals surface area contributed by atoms with Crippen LogP contribution in [0, 0.1) is 0 Å². The number of esters is 1. The molecular weight excluding hydrogens is 474 g/mol. The Labute approximate surface area is 208 Å². The fourth-order valence-corrected chi connectivity index (χ4v) is 4.24. The number of hydrogen-bond acceptors (Lipinski definition) is 6. The number of halogens is 2. The average molecular weight is 505 g/mol. The number of alkyl halides is 2. The summed E-state index contributed by atoms with van der Waals surface area (Å²) in [5.41, 5.74) is 1.53. The number of methoxy groups -OCH3 is 1. The molecule has 0 radical (unpaired) electrons. The van der Waals surface area contributed by atoms with E-state index in [2.05, 4.69) is 14.8 Å². The molecule has 194 valence electrons. The molecule has 36 heavy (non-hydrogen) atoms. The van der Waals surface area contributed by atoms with Crippen molar-refractivity contribution < 1.29 is 37.4 Å². The minimum atomic E-state index is -2.98. The number of benzene rings is 2. The highest BCUT2D eigenvalue weighted by atomic mass is 19.3.